The van der Waals surface area contributed by atoms with Gasteiger partial charge in [-0.25, -0.2) is 0 Å². The van der Waals surface area contributed by atoms with Crippen LogP contribution in [0.25, 0.3) is 0 Å². The second-order valence-electron chi connectivity index (χ2n) is 6.20. The minimum atomic E-state index is -4.40. The Hall–Kier alpha value is -2.38. The molecule has 1 aromatic heterocycles. The predicted molar refractivity (Wildman–Crippen MR) is 78.2 cm³/mol. The molecule has 5 nitrogen and oxygen atoms in total. The van der Waals surface area contributed by atoms with Crippen LogP contribution in [0.3, 0.4) is 0 Å². The van der Waals surface area contributed by atoms with Gasteiger partial charge in [0, 0.05) is 24.6 Å². The van der Waals surface area contributed by atoms with Crippen molar-refractivity contribution in [2.75, 3.05) is 6.54 Å². The van der Waals surface area contributed by atoms with Gasteiger partial charge in [0.1, 0.15) is 5.82 Å². The minimum Gasteiger partial charge on any atom is -0.329 e. The number of benzene rings is 1. The molecule has 2 heterocycles. The largest absolute Gasteiger partial charge is 0.416 e. The molecule has 0 bridgehead atoms. The van der Waals surface area contributed by atoms with Gasteiger partial charge in [0.2, 0.25) is 0 Å². The fraction of sp³-hybridized carbons (Fsp3) is 0.438. The Morgan fingerprint density at radius 2 is 1.79 bits per heavy atom. The molecule has 24 heavy (non-hydrogen) atoms. The van der Waals surface area contributed by atoms with Crippen LogP contribution in [0.4, 0.5) is 13.2 Å². The Balaban J connectivity index is 1.51. The fourth-order valence-electron chi connectivity index (χ4n) is 2.98. The van der Waals surface area contributed by atoms with Crippen LogP contribution in [-0.2, 0) is 19.3 Å². The maximum atomic E-state index is 12.6. The lowest BCUT2D eigenvalue weighted by molar-refractivity contribution is -0.137. The van der Waals surface area contributed by atoms with Gasteiger partial charge < -0.3 is 9.47 Å². The average molecular weight is 336 g/mol. The monoisotopic (exact) mass is 336 g/mol. The first-order valence-electron chi connectivity index (χ1n) is 7.82. The van der Waals surface area contributed by atoms with Crippen LogP contribution >= 0.6 is 0 Å². The lowest BCUT2D eigenvalue weighted by Gasteiger charge is -2.28. The van der Waals surface area contributed by atoms with Crippen LogP contribution in [0, 0.1) is 0 Å². The van der Waals surface area contributed by atoms with Crippen LogP contribution in [0.2, 0.25) is 0 Å². The van der Waals surface area contributed by atoms with Gasteiger partial charge in [0.05, 0.1) is 12.1 Å². The van der Waals surface area contributed by atoms with E-state index in [1.165, 1.54) is 12.1 Å². The summed E-state index contributed by atoms with van der Waals surface area (Å²) >= 11 is 0. The van der Waals surface area contributed by atoms with Crippen molar-refractivity contribution in [3.05, 3.63) is 47.0 Å². The van der Waals surface area contributed by atoms with E-state index in [4.69, 9.17) is 0 Å². The Morgan fingerprint density at radius 1 is 1.08 bits per heavy atom. The van der Waals surface area contributed by atoms with E-state index in [1.807, 2.05) is 0 Å². The summed E-state index contributed by atoms with van der Waals surface area (Å²) in [4.78, 5) is 14.1. The molecule has 126 valence electrons. The van der Waals surface area contributed by atoms with Gasteiger partial charge in [0.15, 0.2) is 5.82 Å². The number of amides is 1. The molecule has 0 N–H and O–H groups in total. The van der Waals surface area contributed by atoms with Gasteiger partial charge in [-0.3, -0.25) is 4.79 Å². The molecule has 1 fully saturated rings. The lowest BCUT2D eigenvalue weighted by Crippen LogP contribution is -2.38. The van der Waals surface area contributed by atoms with Gasteiger partial charge in [-0.15, -0.1) is 10.2 Å². The summed E-state index contributed by atoms with van der Waals surface area (Å²) in [5, 5.41) is 8.38. The second kappa shape index (κ2) is 5.32. The Bertz CT molecular complexity index is 778. The van der Waals surface area contributed by atoms with Crippen LogP contribution in [0.5, 0.6) is 0 Å². The molecule has 8 heteroatoms. The molecular formula is C16H15F3N4O. The molecule has 0 atom stereocenters. The Morgan fingerprint density at radius 3 is 2.42 bits per heavy atom. The van der Waals surface area contributed by atoms with Crippen molar-refractivity contribution in [1.29, 1.82) is 0 Å². The highest BCUT2D eigenvalue weighted by molar-refractivity contribution is 5.94. The molecular weight excluding hydrogens is 321 g/mol. The predicted octanol–water partition coefficient (Wildman–Crippen LogP) is 2.83. The number of hydrogen-bond acceptors (Lipinski definition) is 3. The van der Waals surface area contributed by atoms with Gasteiger partial charge in [-0.1, -0.05) is 0 Å². The molecule has 1 aliphatic carbocycles. The van der Waals surface area contributed by atoms with Crippen LogP contribution in [0.15, 0.2) is 24.3 Å². The maximum absolute atomic E-state index is 12.6. The number of aromatic nitrogens is 3. The normalized spacial score (nSPS) is 17.7. The van der Waals surface area contributed by atoms with E-state index in [9.17, 15) is 18.0 Å². The number of hydrogen-bond donors (Lipinski definition) is 0. The first kappa shape index (κ1) is 15.2. The van der Waals surface area contributed by atoms with E-state index in [2.05, 4.69) is 14.8 Å². The third-order valence-electron chi connectivity index (χ3n) is 4.47. The molecule has 1 aliphatic heterocycles. The zero-order chi connectivity index (χ0) is 16.9. The van der Waals surface area contributed by atoms with Gasteiger partial charge in [0.25, 0.3) is 5.91 Å². The van der Waals surface area contributed by atoms with Crippen LogP contribution in [0.1, 0.15) is 46.3 Å². The molecule has 1 amide bonds. The molecule has 4 rings (SSSR count). The van der Waals surface area contributed by atoms with Crippen molar-refractivity contribution in [2.24, 2.45) is 0 Å². The van der Waals surface area contributed by atoms with E-state index in [-0.39, 0.29) is 11.5 Å². The highest BCUT2D eigenvalue weighted by Gasteiger charge is 2.33. The number of nitrogens with zero attached hydrogens (tertiary/aromatic N) is 4. The van der Waals surface area contributed by atoms with Gasteiger partial charge in [-0.05, 0) is 37.1 Å². The summed E-state index contributed by atoms with van der Waals surface area (Å²) in [5.41, 5.74) is -0.509. The van der Waals surface area contributed by atoms with Crippen molar-refractivity contribution in [2.45, 2.75) is 38.0 Å². The fourth-order valence-corrected chi connectivity index (χ4v) is 2.98. The van der Waals surface area contributed by atoms with Crippen molar-refractivity contribution in [3.8, 4) is 0 Å². The molecule has 0 spiro atoms. The van der Waals surface area contributed by atoms with Crippen LogP contribution in [-0.4, -0.2) is 32.1 Å². The number of carbonyl (C=O) groups excluding carboxylic acids is 1. The zero-order valence-corrected chi connectivity index (χ0v) is 12.8. The smallest absolute Gasteiger partial charge is 0.329 e. The number of rotatable bonds is 2. The van der Waals surface area contributed by atoms with Crippen molar-refractivity contribution < 1.29 is 18.0 Å². The molecule has 0 radical (unpaired) electrons. The van der Waals surface area contributed by atoms with Crippen molar-refractivity contribution >= 4 is 5.91 Å². The van der Waals surface area contributed by atoms with E-state index >= 15 is 0 Å². The molecule has 0 saturated heterocycles. The topological polar surface area (TPSA) is 51.0 Å². The van der Waals surface area contributed by atoms with Gasteiger partial charge in [-0.2, -0.15) is 13.2 Å². The number of carbonyl (C=O) groups is 1. The Kier molecular flexibility index (Phi) is 3.36. The summed E-state index contributed by atoms with van der Waals surface area (Å²) in [6, 6.07) is 4.32. The van der Waals surface area contributed by atoms with E-state index in [0.29, 0.717) is 25.6 Å². The maximum Gasteiger partial charge on any atom is 0.416 e. The third-order valence-corrected chi connectivity index (χ3v) is 4.47. The average Bonchev–Trinajstić information content (AvgIpc) is 3.32. The second-order valence-corrected chi connectivity index (χ2v) is 6.20. The van der Waals surface area contributed by atoms with Crippen molar-refractivity contribution in [1.82, 2.24) is 19.7 Å². The zero-order valence-electron chi connectivity index (χ0n) is 12.8. The summed E-state index contributed by atoms with van der Waals surface area (Å²) in [6.07, 6.45) is -2.14. The van der Waals surface area contributed by atoms with E-state index in [1.54, 1.807) is 4.90 Å². The highest BCUT2D eigenvalue weighted by atomic mass is 19.4. The first-order valence-corrected chi connectivity index (χ1v) is 7.82. The van der Waals surface area contributed by atoms with Crippen molar-refractivity contribution in [3.63, 3.8) is 0 Å². The number of fused-ring (bicyclic) bond motifs is 1. The molecule has 1 aromatic carbocycles. The first-order chi connectivity index (χ1) is 11.4. The lowest BCUT2D eigenvalue weighted by atomic mass is 10.1. The highest BCUT2D eigenvalue weighted by Crippen LogP contribution is 2.39. The quantitative estimate of drug-likeness (QED) is 0.847. The third kappa shape index (κ3) is 2.65. The van der Waals surface area contributed by atoms with Gasteiger partial charge >= 0.3 is 6.18 Å². The molecule has 2 aliphatic rings. The SMILES string of the molecule is O=C(c1ccc(C(F)(F)F)cc1)N1CCn2c(nnc2C2CC2)C1. The Labute approximate surface area is 136 Å². The number of alkyl halides is 3. The standard InChI is InChI=1S/C16H15F3N4O/c17-16(18,19)12-5-3-11(4-6-12)15(24)22-7-8-23-13(9-22)20-21-14(23)10-1-2-10/h3-6,10H,1-2,7-9H2. The summed E-state index contributed by atoms with van der Waals surface area (Å²) in [5.74, 6) is 1.93. The van der Waals surface area contributed by atoms with E-state index in [0.717, 1.165) is 36.6 Å². The number of halogens is 3. The minimum absolute atomic E-state index is 0.249. The van der Waals surface area contributed by atoms with E-state index < -0.39 is 11.7 Å². The summed E-state index contributed by atoms with van der Waals surface area (Å²) in [7, 11) is 0. The summed E-state index contributed by atoms with van der Waals surface area (Å²) < 4.78 is 39.9. The molecule has 2 aromatic rings. The summed E-state index contributed by atoms with van der Waals surface area (Å²) in [6.45, 7) is 1.46. The molecule has 0 unspecified atom stereocenters. The van der Waals surface area contributed by atoms with Crippen LogP contribution < -0.4 is 0 Å². The molecule has 1 saturated carbocycles.